The summed E-state index contributed by atoms with van der Waals surface area (Å²) >= 11 is 0. The van der Waals surface area contributed by atoms with Gasteiger partial charge in [-0.3, -0.25) is 9.59 Å². The number of ketones is 1. The molecule has 0 bridgehead atoms. The molecule has 0 spiro atoms. The predicted molar refractivity (Wildman–Crippen MR) is 59.8 cm³/mol. The van der Waals surface area contributed by atoms with Crippen molar-refractivity contribution in [1.82, 2.24) is 5.32 Å². The quantitative estimate of drug-likeness (QED) is 0.700. The number of hydrogen-bond acceptors (Lipinski definition) is 4. The van der Waals surface area contributed by atoms with Crippen molar-refractivity contribution >= 4 is 11.7 Å². The van der Waals surface area contributed by atoms with E-state index in [2.05, 4.69) is 5.32 Å². The SMILES string of the molecule is CC(C)C[C@H](N)C(=O)N[C@@H]1C(=O)CO[C@@H]1C. The first-order valence-electron chi connectivity index (χ1n) is 5.62. The molecule has 1 rings (SSSR count). The van der Waals surface area contributed by atoms with Gasteiger partial charge in [-0.05, 0) is 19.3 Å². The average molecular weight is 228 g/mol. The minimum atomic E-state index is -0.555. The van der Waals surface area contributed by atoms with Crippen LogP contribution in [0.3, 0.4) is 0 Å². The van der Waals surface area contributed by atoms with E-state index >= 15 is 0 Å². The Morgan fingerprint density at radius 2 is 2.25 bits per heavy atom. The van der Waals surface area contributed by atoms with Gasteiger partial charge in [0, 0.05) is 0 Å². The molecule has 0 saturated carbocycles. The number of rotatable bonds is 4. The second kappa shape index (κ2) is 5.41. The largest absolute Gasteiger partial charge is 0.368 e. The lowest BCUT2D eigenvalue weighted by Gasteiger charge is -2.19. The van der Waals surface area contributed by atoms with Crippen LogP contribution in [-0.4, -0.2) is 36.5 Å². The van der Waals surface area contributed by atoms with E-state index < -0.39 is 12.1 Å². The third-order valence-corrected chi connectivity index (χ3v) is 2.66. The molecule has 5 nitrogen and oxygen atoms in total. The molecule has 3 atom stereocenters. The molecule has 0 radical (unpaired) electrons. The van der Waals surface area contributed by atoms with E-state index in [0.717, 1.165) is 0 Å². The summed E-state index contributed by atoms with van der Waals surface area (Å²) in [6.45, 7) is 5.84. The van der Waals surface area contributed by atoms with Crippen molar-refractivity contribution in [3.8, 4) is 0 Å². The van der Waals surface area contributed by atoms with Crippen molar-refractivity contribution in [2.24, 2.45) is 11.7 Å². The van der Waals surface area contributed by atoms with Gasteiger partial charge in [-0.15, -0.1) is 0 Å². The van der Waals surface area contributed by atoms with Crippen LogP contribution in [0.25, 0.3) is 0 Å². The van der Waals surface area contributed by atoms with Gasteiger partial charge in [0.25, 0.3) is 0 Å². The third-order valence-electron chi connectivity index (χ3n) is 2.66. The lowest BCUT2D eigenvalue weighted by Crippen LogP contribution is -2.50. The number of Topliss-reactive ketones (excluding diaryl/α,β-unsaturated/α-hetero) is 1. The van der Waals surface area contributed by atoms with E-state index in [-0.39, 0.29) is 24.4 Å². The molecular weight excluding hydrogens is 208 g/mol. The Bertz CT molecular complexity index is 278. The van der Waals surface area contributed by atoms with Gasteiger partial charge < -0.3 is 15.8 Å². The van der Waals surface area contributed by atoms with E-state index in [4.69, 9.17) is 10.5 Å². The maximum Gasteiger partial charge on any atom is 0.237 e. The molecule has 5 heteroatoms. The number of amides is 1. The third kappa shape index (κ3) is 3.28. The van der Waals surface area contributed by atoms with Crippen LogP contribution < -0.4 is 11.1 Å². The molecule has 0 unspecified atom stereocenters. The molecule has 1 fully saturated rings. The molecule has 92 valence electrons. The van der Waals surface area contributed by atoms with E-state index in [0.29, 0.717) is 12.3 Å². The summed E-state index contributed by atoms with van der Waals surface area (Å²) in [6, 6.07) is -1.09. The number of carbonyl (C=O) groups excluding carboxylic acids is 2. The van der Waals surface area contributed by atoms with Crippen molar-refractivity contribution in [2.75, 3.05) is 6.61 Å². The zero-order chi connectivity index (χ0) is 12.3. The number of nitrogens with one attached hydrogen (secondary N) is 1. The lowest BCUT2D eigenvalue weighted by molar-refractivity contribution is -0.127. The summed E-state index contributed by atoms with van der Waals surface area (Å²) < 4.78 is 5.13. The van der Waals surface area contributed by atoms with Crippen molar-refractivity contribution in [2.45, 2.75) is 45.4 Å². The normalized spacial score (nSPS) is 27.2. The van der Waals surface area contributed by atoms with Crippen LogP contribution in [0, 0.1) is 5.92 Å². The van der Waals surface area contributed by atoms with Crippen molar-refractivity contribution in [1.29, 1.82) is 0 Å². The molecule has 1 aliphatic heterocycles. The highest BCUT2D eigenvalue weighted by molar-refractivity contribution is 5.93. The number of carbonyl (C=O) groups is 2. The molecule has 0 aromatic rings. The summed E-state index contributed by atoms with van der Waals surface area (Å²) in [5.74, 6) is -0.00398. The molecule has 0 aliphatic carbocycles. The zero-order valence-corrected chi connectivity index (χ0v) is 10.0. The molecule has 0 aromatic carbocycles. The van der Waals surface area contributed by atoms with Crippen molar-refractivity contribution < 1.29 is 14.3 Å². The Hall–Kier alpha value is -0.940. The molecule has 1 saturated heterocycles. The topological polar surface area (TPSA) is 81.4 Å². The minimum Gasteiger partial charge on any atom is -0.368 e. The second-order valence-electron chi connectivity index (χ2n) is 4.70. The molecular formula is C11H20N2O3. The van der Waals surface area contributed by atoms with Crippen LogP contribution in [0.4, 0.5) is 0 Å². The average Bonchev–Trinajstić information content (AvgIpc) is 2.48. The van der Waals surface area contributed by atoms with Gasteiger partial charge in [0.2, 0.25) is 5.91 Å². The van der Waals surface area contributed by atoms with E-state index in [1.807, 2.05) is 13.8 Å². The highest BCUT2D eigenvalue weighted by Crippen LogP contribution is 2.10. The molecule has 0 aromatic heterocycles. The van der Waals surface area contributed by atoms with Gasteiger partial charge >= 0.3 is 0 Å². The van der Waals surface area contributed by atoms with Crippen molar-refractivity contribution in [3.05, 3.63) is 0 Å². The van der Waals surface area contributed by atoms with E-state index in [1.165, 1.54) is 0 Å². The number of nitrogens with two attached hydrogens (primary N) is 1. The molecule has 1 heterocycles. The Morgan fingerprint density at radius 3 is 2.69 bits per heavy atom. The maximum absolute atomic E-state index is 11.7. The molecule has 16 heavy (non-hydrogen) atoms. The molecule has 3 N–H and O–H groups in total. The minimum absolute atomic E-state index is 0.0749. The maximum atomic E-state index is 11.7. The van der Waals surface area contributed by atoms with Gasteiger partial charge in [0.1, 0.15) is 12.6 Å². The monoisotopic (exact) mass is 228 g/mol. The standard InChI is InChI=1S/C11H20N2O3/c1-6(2)4-8(12)11(15)13-10-7(3)16-5-9(10)14/h6-8,10H,4-5,12H2,1-3H3,(H,13,15)/t7-,8+,10+/m1/s1. The fourth-order valence-corrected chi connectivity index (χ4v) is 1.73. The summed E-state index contributed by atoms with van der Waals surface area (Å²) in [6.07, 6.45) is 0.352. The van der Waals surface area contributed by atoms with Gasteiger partial charge in [0.05, 0.1) is 12.1 Å². The first-order valence-corrected chi connectivity index (χ1v) is 5.62. The molecule has 1 amide bonds. The predicted octanol–water partition coefficient (Wildman–Crippen LogP) is -0.168. The van der Waals surface area contributed by atoms with Gasteiger partial charge in [-0.1, -0.05) is 13.8 Å². The van der Waals surface area contributed by atoms with Crippen LogP contribution in [0.2, 0.25) is 0 Å². The summed E-state index contributed by atoms with van der Waals surface area (Å²) in [7, 11) is 0. The Balaban J connectivity index is 2.47. The number of hydrogen-bond donors (Lipinski definition) is 2. The van der Waals surface area contributed by atoms with E-state index in [9.17, 15) is 9.59 Å². The first-order chi connectivity index (χ1) is 7.41. The van der Waals surface area contributed by atoms with Crippen LogP contribution in [-0.2, 0) is 14.3 Å². The Labute approximate surface area is 95.7 Å². The van der Waals surface area contributed by atoms with Gasteiger partial charge in [-0.2, -0.15) is 0 Å². The second-order valence-corrected chi connectivity index (χ2v) is 4.70. The fraction of sp³-hybridized carbons (Fsp3) is 0.818. The smallest absolute Gasteiger partial charge is 0.237 e. The lowest BCUT2D eigenvalue weighted by atomic mass is 10.0. The summed E-state index contributed by atoms with van der Waals surface area (Å²) in [5.41, 5.74) is 5.72. The van der Waals surface area contributed by atoms with Crippen LogP contribution in [0.1, 0.15) is 27.2 Å². The van der Waals surface area contributed by atoms with Gasteiger partial charge in [-0.25, -0.2) is 0 Å². The first kappa shape index (κ1) is 13.1. The summed E-state index contributed by atoms with van der Waals surface area (Å²) in [4.78, 5) is 23.1. The highest BCUT2D eigenvalue weighted by Gasteiger charge is 2.34. The molecule has 1 aliphatic rings. The van der Waals surface area contributed by atoms with Crippen LogP contribution in [0.15, 0.2) is 0 Å². The van der Waals surface area contributed by atoms with Crippen LogP contribution >= 0.6 is 0 Å². The van der Waals surface area contributed by atoms with Crippen molar-refractivity contribution in [3.63, 3.8) is 0 Å². The number of ether oxygens (including phenoxy) is 1. The van der Waals surface area contributed by atoms with Crippen LogP contribution in [0.5, 0.6) is 0 Å². The Morgan fingerprint density at radius 1 is 1.62 bits per heavy atom. The summed E-state index contributed by atoms with van der Waals surface area (Å²) in [5, 5.41) is 2.65. The fourth-order valence-electron chi connectivity index (χ4n) is 1.73. The van der Waals surface area contributed by atoms with E-state index in [1.54, 1.807) is 6.92 Å². The van der Waals surface area contributed by atoms with Gasteiger partial charge in [0.15, 0.2) is 5.78 Å². The zero-order valence-electron chi connectivity index (χ0n) is 10.0. The highest BCUT2D eigenvalue weighted by atomic mass is 16.5. The Kier molecular flexibility index (Phi) is 4.44.